The minimum absolute atomic E-state index is 0.314. The number of nitrogens with one attached hydrogen (secondary N) is 1. The summed E-state index contributed by atoms with van der Waals surface area (Å²) in [6.07, 6.45) is 7.38. The zero-order valence-electron chi connectivity index (χ0n) is 11.6. The molecular weight excluding hydrogens is 290 g/mol. The third-order valence-electron chi connectivity index (χ3n) is 3.08. The van der Waals surface area contributed by atoms with E-state index in [1.807, 2.05) is 10.8 Å². The maximum absolute atomic E-state index is 11.4. The lowest BCUT2D eigenvalue weighted by Crippen LogP contribution is -2.16. The Balaban J connectivity index is 1.89. The molecule has 2 rings (SSSR count). The van der Waals surface area contributed by atoms with Crippen molar-refractivity contribution in [1.29, 1.82) is 0 Å². The van der Waals surface area contributed by atoms with Gasteiger partial charge < -0.3 is 21.4 Å². The van der Waals surface area contributed by atoms with Crippen molar-refractivity contribution in [3.05, 3.63) is 41.4 Å². The Morgan fingerprint density at radius 3 is 2.86 bits per heavy atom. The largest absolute Gasteiger partial charge is 0.399 e. The highest BCUT2D eigenvalue weighted by atomic mass is 35.5. The number of primary amides is 1. The summed E-state index contributed by atoms with van der Waals surface area (Å²) in [5.41, 5.74) is 12.3. The first-order valence-corrected chi connectivity index (χ1v) is 7.04. The van der Waals surface area contributed by atoms with Gasteiger partial charge in [0.25, 0.3) is 5.91 Å². The van der Waals surface area contributed by atoms with Crippen molar-refractivity contribution in [2.24, 2.45) is 5.73 Å². The van der Waals surface area contributed by atoms with Gasteiger partial charge in [-0.2, -0.15) is 0 Å². The number of nitrogens with two attached hydrogens (primary N) is 2. The molecule has 0 unspecified atom stereocenters. The van der Waals surface area contributed by atoms with Crippen LogP contribution in [0.25, 0.3) is 0 Å². The van der Waals surface area contributed by atoms with Crippen LogP contribution in [0.1, 0.15) is 23.2 Å². The summed E-state index contributed by atoms with van der Waals surface area (Å²) in [5.74, 6) is -0.551. The van der Waals surface area contributed by atoms with Gasteiger partial charge in [-0.25, -0.2) is 4.98 Å². The van der Waals surface area contributed by atoms with E-state index >= 15 is 0 Å². The van der Waals surface area contributed by atoms with Crippen LogP contribution in [-0.2, 0) is 6.54 Å². The molecule has 0 radical (unpaired) electrons. The highest BCUT2D eigenvalue weighted by molar-refractivity contribution is 6.34. The van der Waals surface area contributed by atoms with Crippen molar-refractivity contribution in [3.8, 4) is 0 Å². The molecule has 6 nitrogen and oxygen atoms in total. The Bertz CT molecular complexity index is 612. The summed E-state index contributed by atoms with van der Waals surface area (Å²) in [5, 5.41) is 3.56. The molecular formula is C14H18ClN5O. The lowest BCUT2D eigenvalue weighted by molar-refractivity contribution is 0.100. The van der Waals surface area contributed by atoms with E-state index in [4.69, 9.17) is 23.1 Å². The van der Waals surface area contributed by atoms with Crippen LogP contribution in [0.3, 0.4) is 0 Å². The van der Waals surface area contributed by atoms with Crippen molar-refractivity contribution < 1.29 is 4.79 Å². The van der Waals surface area contributed by atoms with Crippen LogP contribution in [0.5, 0.6) is 0 Å². The zero-order valence-corrected chi connectivity index (χ0v) is 12.3. The van der Waals surface area contributed by atoms with Crippen LogP contribution in [-0.4, -0.2) is 22.0 Å². The summed E-state index contributed by atoms with van der Waals surface area (Å²) in [7, 11) is 0. The Labute approximate surface area is 128 Å². The number of benzene rings is 1. The van der Waals surface area contributed by atoms with Gasteiger partial charge in [0.1, 0.15) is 0 Å². The number of carbonyl (C=O) groups is 1. The molecule has 112 valence electrons. The number of rotatable bonds is 7. The fourth-order valence-corrected chi connectivity index (χ4v) is 2.35. The number of halogens is 1. The average Bonchev–Trinajstić information content (AvgIpc) is 2.93. The van der Waals surface area contributed by atoms with Gasteiger partial charge in [-0.3, -0.25) is 4.79 Å². The van der Waals surface area contributed by atoms with Crippen molar-refractivity contribution in [1.82, 2.24) is 9.55 Å². The highest BCUT2D eigenvalue weighted by Crippen LogP contribution is 2.29. The van der Waals surface area contributed by atoms with Crippen LogP contribution in [0, 0.1) is 0 Å². The van der Waals surface area contributed by atoms with Gasteiger partial charge in [0.2, 0.25) is 0 Å². The van der Waals surface area contributed by atoms with E-state index < -0.39 is 5.91 Å². The zero-order chi connectivity index (χ0) is 15.2. The summed E-state index contributed by atoms with van der Waals surface area (Å²) >= 11 is 6.11. The van der Waals surface area contributed by atoms with Crippen molar-refractivity contribution in [2.75, 3.05) is 17.6 Å². The molecule has 7 heteroatoms. The topological polar surface area (TPSA) is 99.0 Å². The van der Waals surface area contributed by atoms with Gasteiger partial charge in [-0.1, -0.05) is 11.6 Å². The SMILES string of the molecule is NC(=O)c1cc(N)cc(Cl)c1NCCCCn1ccnc1. The van der Waals surface area contributed by atoms with Gasteiger partial charge >= 0.3 is 0 Å². The summed E-state index contributed by atoms with van der Waals surface area (Å²) in [6.45, 7) is 1.60. The minimum atomic E-state index is -0.551. The molecule has 1 amide bonds. The number of hydrogen-bond acceptors (Lipinski definition) is 4. The number of nitrogen functional groups attached to an aromatic ring is 1. The number of nitrogens with zero attached hydrogens (tertiary/aromatic N) is 2. The standard InChI is InChI=1S/C14H18ClN5O/c15-12-8-10(16)7-11(14(17)21)13(12)19-3-1-2-5-20-6-4-18-9-20/h4,6-9,19H,1-3,5,16H2,(H2,17,21). The average molecular weight is 308 g/mol. The summed E-state index contributed by atoms with van der Waals surface area (Å²) in [4.78, 5) is 15.4. The lowest BCUT2D eigenvalue weighted by atomic mass is 10.1. The lowest BCUT2D eigenvalue weighted by Gasteiger charge is -2.13. The quantitative estimate of drug-likeness (QED) is 0.539. The van der Waals surface area contributed by atoms with Gasteiger partial charge in [0, 0.05) is 31.2 Å². The number of hydrogen-bond donors (Lipinski definition) is 3. The molecule has 0 aliphatic heterocycles. The number of amides is 1. The predicted octanol–water partition coefficient (Wildman–Crippen LogP) is 2.11. The number of unbranched alkanes of at least 4 members (excludes halogenated alkanes) is 1. The fourth-order valence-electron chi connectivity index (χ4n) is 2.05. The Kier molecular flexibility index (Phi) is 5.05. The Morgan fingerprint density at radius 1 is 1.38 bits per heavy atom. The molecule has 0 aliphatic carbocycles. The molecule has 2 aromatic rings. The first-order chi connectivity index (χ1) is 10.1. The van der Waals surface area contributed by atoms with Crippen LogP contribution in [0.15, 0.2) is 30.9 Å². The maximum atomic E-state index is 11.4. The van der Waals surface area contributed by atoms with E-state index in [1.54, 1.807) is 18.6 Å². The molecule has 0 fully saturated rings. The molecule has 1 heterocycles. The van der Waals surface area contributed by atoms with E-state index in [2.05, 4.69) is 10.3 Å². The second-order valence-corrected chi connectivity index (χ2v) is 5.13. The Morgan fingerprint density at radius 2 is 2.19 bits per heavy atom. The number of imidazole rings is 1. The third kappa shape index (κ3) is 4.13. The second kappa shape index (κ2) is 6.99. The highest BCUT2D eigenvalue weighted by Gasteiger charge is 2.12. The van der Waals surface area contributed by atoms with Crippen molar-refractivity contribution in [3.63, 3.8) is 0 Å². The Hall–Kier alpha value is -2.21. The number of aromatic nitrogens is 2. The molecule has 0 atom stereocenters. The molecule has 0 spiro atoms. The minimum Gasteiger partial charge on any atom is -0.399 e. The molecule has 5 N–H and O–H groups in total. The van der Waals surface area contributed by atoms with Crippen LogP contribution < -0.4 is 16.8 Å². The number of aryl methyl sites for hydroxylation is 1. The summed E-state index contributed by atoms with van der Waals surface area (Å²) in [6, 6.07) is 3.13. The first-order valence-electron chi connectivity index (χ1n) is 6.66. The smallest absolute Gasteiger partial charge is 0.250 e. The molecule has 0 bridgehead atoms. The summed E-state index contributed by atoms with van der Waals surface area (Å²) < 4.78 is 2.02. The van der Waals surface area contributed by atoms with Crippen LogP contribution >= 0.6 is 11.6 Å². The predicted molar refractivity (Wildman–Crippen MR) is 84.3 cm³/mol. The maximum Gasteiger partial charge on any atom is 0.250 e. The van der Waals surface area contributed by atoms with Crippen LogP contribution in [0.2, 0.25) is 5.02 Å². The van der Waals surface area contributed by atoms with Gasteiger partial charge in [-0.15, -0.1) is 0 Å². The van der Waals surface area contributed by atoms with E-state index in [-0.39, 0.29) is 0 Å². The van der Waals surface area contributed by atoms with Crippen molar-refractivity contribution >= 4 is 28.9 Å². The normalized spacial score (nSPS) is 10.5. The second-order valence-electron chi connectivity index (χ2n) is 4.72. The monoisotopic (exact) mass is 307 g/mol. The molecule has 1 aromatic heterocycles. The number of carbonyl (C=O) groups excluding carboxylic acids is 1. The van der Waals surface area contributed by atoms with E-state index in [0.717, 1.165) is 19.4 Å². The molecule has 21 heavy (non-hydrogen) atoms. The first kappa shape index (κ1) is 15.2. The van der Waals surface area contributed by atoms with E-state index in [0.29, 0.717) is 28.5 Å². The molecule has 0 aliphatic rings. The van der Waals surface area contributed by atoms with Gasteiger partial charge in [0.15, 0.2) is 0 Å². The van der Waals surface area contributed by atoms with Gasteiger partial charge in [0.05, 0.1) is 22.6 Å². The van der Waals surface area contributed by atoms with Crippen molar-refractivity contribution in [2.45, 2.75) is 19.4 Å². The van der Waals surface area contributed by atoms with E-state index in [1.165, 1.54) is 6.07 Å². The van der Waals surface area contributed by atoms with Crippen LogP contribution in [0.4, 0.5) is 11.4 Å². The molecule has 0 saturated heterocycles. The molecule has 0 saturated carbocycles. The van der Waals surface area contributed by atoms with Gasteiger partial charge in [-0.05, 0) is 25.0 Å². The number of anilines is 2. The fraction of sp³-hybridized carbons (Fsp3) is 0.286. The molecule has 1 aromatic carbocycles. The third-order valence-corrected chi connectivity index (χ3v) is 3.38. The van der Waals surface area contributed by atoms with E-state index in [9.17, 15) is 4.79 Å².